The van der Waals surface area contributed by atoms with Crippen molar-refractivity contribution in [2.75, 3.05) is 6.54 Å². The Kier molecular flexibility index (Phi) is 1.77. The summed E-state index contributed by atoms with van der Waals surface area (Å²) in [6.45, 7) is 1.13. The molecule has 3 heterocycles. The van der Waals surface area contributed by atoms with Gasteiger partial charge in [0, 0.05) is 24.0 Å². The molecule has 1 aliphatic rings. The van der Waals surface area contributed by atoms with E-state index >= 15 is 0 Å². The van der Waals surface area contributed by atoms with Gasteiger partial charge in [0.05, 0.1) is 11.0 Å². The van der Waals surface area contributed by atoms with E-state index in [2.05, 4.69) is 27.5 Å². The minimum absolute atomic E-state index is 0.499. The number of nitrogens with zero attached hydrogens (tertiary/aromatic N) is 1. The van der Waals surface area contributed by atoms with Gasteiger partial charge in [-0.1, -0.05) is 0 Å². The molecule has 0 amide bonds. The molecule has 0 saturated carbocycles. The van der Waals surface area contributed by atoms with E-state index in [4.69, 9.17) is 0 Å². The molecule has 3 nitrogen and oxygen atoms in total. The van der Waals surface area contributed by atoms with Gasteiger partial charge in [-0.05, 0) is 31.5 Å². The van der Waals surface area contributed by atoms with Crippen LogP contribution in [0.5, 0.6) is 0 Å². The van der Waals surface area contributed by atoms with E-state index in [9.17, 15) is 0 Å². The Bertz CT molecular complexity index is 440. The molecule has 0 radical (unpaired) electrons. The lowest BCUT2D eigenvalue weighted by Crippen LogP contribution is -2.12. The summed E-state index contributed by atoms with van der Waals surface area (Å²) in [5.74, 6) is 0. The third-order valence-corrected chi connectivity index (χ3v) is 2.90. The molecule has 3 heteroatoms. The summed E-state index contributed by atoms with van der Waals surface area (Å²) in [6.07, 6.45) is 6.43. The van der Waals surface area contributed by atoms with Crippen molar-refractivity contribution in [2.45, 2.75) is 18.9 Å². The second-order valence-electron chi connectivity index (χ2n) is 3.79. The highest BCUT2D eigenvalue weighted by molar-refractivity contribution is 5.79. The quantitative estimate of drug-likeness (QED) is 0.716. The van der Waals surface area contributed by atoms with Gasteiger partial charge in [0.2, 0.25) is 0 Å². The van der Waals surface area contributed by atoms with E-state index in [-0.39, 0.29) is 0 Å². The molecule has 14 heavy (non-hydrogen) atoms. The van der Waals surface area contributed by atoms with Crippen LogP contribution < -0.4 is 5.32 Å². The van der Waals surface area contributed by atoms with Crippen LogP contribution in [0.3, 0.4) is 0 Å². The van der Waals surface area contributed by atoms with Gasteiger partial charge in [-0.2, -0.15) is 0 Å². The van der Waals surface area contributed by atoms with Gasteiger partial charge in [-0.3, -0.25) is 4.98 Å². The minimum Gasteiger partial charge on any atom is -0.360 e. The zero-order valence-electron chi connectivity index (χ0n) is 7.96. The van der Waals surface area contributed by atoms with Crippen LogP contribution in [-0.4, -0.2) is 16.5 Å². The van der Waals surface area contributed by atoms with Gasteiger partial charge in [0.1, 0.15) is 0 Å². The molecule has 1 saturated heterocycles. The standard InChI is InChI=1S/C11H13N3/c1-3-9(12-5-1)8-7-14-10-4-2-6-13-11(8)10/h2,4,6-7,9,12,14H,1,3,5H2. The molecule has 2 N–H and O–H groups in total. The van der Waals surface area contributed by atoms with Crippen LogP contribution in [0.15, 0.2) is 24.5 Å². The maximum Gasteiger partial charge on any atom is 0.0926 e. The van der Waals surface area contributed by atoms with Crippen molar-refractivity contribution >= 4 is 11.0 Å². The molecule has 1 atom stereocenters. The lowest BCUT2D eigenvalue weighted by molar-refractivity contribution is 0.651. The van der Waals surface area contributed by atoms with E-state index in [0.717, 1.165) is 17.6 Å². The van der Waals surface area contributed by atoms with Crippen molar-refractivity contribution in [1.82, 2.24) is 15.3 Å². The first-order valence-electron chi connectivity index (χ1n) is 5.10. The molecule has 0 bridgehead atoms. The number of hydrogen-bond donors (Lipinski definition) is 2. The number of aromatic nitrogens is 2. The molecule has 2 aromatic heterocycles. The molecule has 72 valence electrons. The summed E-state index contributed by atoms with van der Waals surface area (Å²) in [6, 6.07) is 4.53. The molecule has 2 aromatic rings. The van der Waals surface area contributed by atoms with Crippen LogP contribution >= 0.6 is 0 Å². The highest BCUT2D eigenvalue weighted by atomic mass is 14.9. The van der Waals surface area contributed by atoms with Crippen molar-refractivity contribution in [3.63, 3.8) is 0 Å². The number of rotatable bonds is 1. The minimum atomic E-state index is 0.499. The third kappa shape index (κ3) is 1.13. The number of pyridine rings is 1. The average Bonchev–Trinajstić information content (AvgIpc) is 2.85. The lowest BCUT2D eigenvalue weighted by Gasteiger charge is -2.07. The zero-order valence-corrected chi connectivity index (χ0v) is 7.96. The molecule has 0 aliphatic carbocycles. The summed E-state index contributed by atoms with van der Waals surface area (Å²) in [7, 11) is 0. The molecule has 0 spiro atoms. The van der Waals surface area contributed by atoms with Gasteiger partial charge >= 0.3 is 0 Å². The summed E-state index contributed by atoms with van der Waals surface area (Å²) in [5.41, 5.74) is 3.57. The number of aromatic amines is 1. The predicted molar refractivity (Wildman–Crippen MR) is 56.1 cm³/mol. The first kappa shape index (κ1) is 8.00. The van der Waals surface area contributed by atoms with E-state index in [1.807, 2.05) is 12.3 Å². The summed E-state index contributed by atoms with van der Waals surface area (Å²) >= 11 is 0. The maximum absolute atomic E-state index is 4.41. The molecule has 3 rings (SSSR count). The van der Waals surface area contributed by atoms with E-state index in [1.54, 1.807) is 0 Å². The fourth-order valence-electron chi connectivity index (χ4n) is 2.19. The van der Waals surface area contributed by atoms with Gasteiger partial charge in [0.15, 0.2) is 0 Å². The smallest absolute Gasteiger partial charge is 0.0926 e. The molecule has 1 fully saturated rings. The first-order valence-corrected chi connectivity index (χ1v) is 5.10. The van der Waals surface area contributed by atoms with E-state index in [0.29, 0.717) is 6.04 Å². The second-order valence-corrected chi connectivity index (χ2v) is 3.79. The Labute approximate surface area is 82.5 Å². The third-order valence-electron chi connectivity index (χ3n) is 2.90. The highest BCUT2D eigenvalue weighted by Gasteiger charge is 2.19. The van der Waals surface area contributed by atoms with Gasteiger partial charge in [-0.25, -0.2) is 0 Å². The Morgan fingerprint density at radius 3 is 3.29 bits per heavy atom. The average molecular weight is 187 g/mol. The predicted octanol–water partition coefficient (Wildman–Crippen LogP) is 1.99. The number of hydrogen-bond acceptors (Lipinski definition) is 2. The molecule has 1 unspecified atom stereocenters. The van der Waals surface area contributed by atoms with Crippen LogP contribution in [0, 0.1) is 0 Å². The van der Waals surface area contributed by atoms with E-state index < -0.39 is 0 Å². The van der Waals surface area contributed by atoms with Crippen LogP contribution in [0.4, 0.5) is 0 Å². The SMILES string of the molecule is c1cnc2c(C3CCCN3)c[nH]c2c1. The monoisotopic (exact) mass is 187 g/mol. The van der Waals surface area contributed by atoms with Gasteiger partial charge in [-0.15, -0.1) is 0 Å². The largest absolute Gasteiger partial charge is 0.360 e. The Balaban J connectivity index is 2.11. The van der Waals surface area contributed by atoms with Crippen molar-refractivity contribution in [2.24, 2.45) is 0 Å². The zero-order chi connectivity index (χ0) is 9.38. The maximum atomic E-state index is 4.41. The van der Waals surface area contributed by atoms with Crippen LogP contribution in [-0.2, 0) is 0 Å². The van der Waals surface area contributed by atoms with Crippen LogP contribution in [0.1, 0.15) is 24.4 Å². The fraction of sp³-hybridized carbons (Fsp3) is 0.364. The normalized spacial score (nSPS) is 21.9. The number of fused-ring (bicyclic) bond motifs is 1. The molecule has 1 aliphatic heterocycles. The second kappa shape index (κ2) is 3.10. The highest BCUT2D eigenvalue weighted by Crippen LogP contribution is 2.27. The summed E-state index contributed by atoms with van der Waals surface area (Å²) in [5, 5.41) is 3.49. The number of H-pyrrole nitrogens is 1. The Morgan fingerprint density at radius 2 is 2.43 bits per heavy atom. The Hall–Kier alpha value is -1.35. The fourth-order valence-corrected chi connectivity index (χ4v) is 2.19. The lowest BCUT2D eigenvalue weighted by atomic mass is 10.1. The van der Waals surface area contributed by atoms with Crippen molar-refractivity contribution in [3.8, 4) is 0 Å². The molecular formula is C11H13N3. The molecule has 0 aromatic carbocycles. The summed E-state index contributed by atoms with van der Waals surface area (Å²) in [4.78, 5) is 7.68. The van der Waals surface area contributed by atoms with Crippen molar-refractivity contribution < 1.29 is 0 Å². The van der Waals surface area contributed by atoms with Crippen molar-refractivity contribution in [1.29, 1.82) is 0 Å². The first-order chi connectivity index (χ1) is 6.95. The Morgan fingerprint density at radius 1 is 1.43 bits per heavy atom. The van der Waals surface area contributed by atoms with Gasteiger partial charge in [0.25, 0.3) is 0 Å². The molecular weight excluding hydrogens is 174 g/mol. The van der Waals surface area contributed by atoms with Crippen molar-refractivity contribution in [3.05, 3.63) is 30.1 Å². The van der Waals surface area contributed by atoms with E-state index in [1.165, 1.54) is 18.4 Å². The van der Waals surface area contributed by atoms with Crippen LogP contribution in [0.25, 0.3) is 11.0 Å². The summed E-state index contributed by atoms with van der Waals surface area (Å²) < 4.78 is 0. The van der Waals surface area contributed by atoms with Crippen LogP contribution in [0.2, 0.25) is 0 Å². The van der Waals surface area contributed by atoms with Gasteiger partial charge < -0.3 is 10.3 Å². The topological polar surface area (TPSA) is 40.7 Å². The number of nitrogens with one attached hydrogen (secondary N) is 2.